The zero-order valence-corrected chi connectivity index (χ0v) is 22.2. The van der Waals surface area contributed by atoms with Crippen LogP contribution in [0.25, 0.3) is 10.4 Å². The highest BCUT2D eigenvalue weighted by molar-refractivity contribution is 5.75. The summed E-state index contributed by atoms with van der Waals surface area (Å²) in [6.45, 7) is 9.30. The monoisotopic (exact) mass is 519 g/mol. The van der Waals surface area contributed by atoms with Gasteiger partial charge in [0.2, 0.25) is 0 Å². The Kier molecular flexibility index (Phi) is 10.3. The Balaban J connectivity index is 1.84. The average molecular weight is 520 g/mol. The molecular formula is C26H37N3O8. The molecule has 3 rings (SSSR count). The van der Waals surface area contributed by atoms with Crippen LogP contribution in [-0.2, 0) is 44.6 Å². The molecule has 0 aromatic heterocycles. The highest BCUT2D eigenvalue weighted by atomic mass is 16.7. The third kappa shape index (κ3) is 7.00. The number of methoxy groups -OCH3 is 1. The Labute approximate surface area is 217 Å². The minimum absolute atomic E-state index is 0.0672. The van der Waals surface area contributed by atoms with Gasteiger partial charge in [-0.25, -0.2) is 4.79 Å². The molecule has 2 aliphatic rings. The van der Waals surface area contributed by atoms with E-state index in [0.29, 0.717) is 0 Å². The molecule has 37 heavy (non-hydrogen) atoms. The fourth-order valence-electron chi connectivity index (χ4n) is 4.86. The van der Waals surface area contributed by atoms with Crippen molar-refractivity contribution in [3.8, 4) is 0 Å². The van der Waals surface area contributed by atoms with Crippen LogP contribution in [0.5, 0.6) is 0 Å². The molecular weight excluding hydrogens is 482 g/mol. The van der Waals surface area contributed by atoms with Gasteiger partial charge in [0.15, 0.2) is 18.7 Å². The van der Waals surface area contributed by atoms with Crippen molar-refractivity contribution in [2.24, 2.45) is 28.8 Å². The first-order valence-electron chi connectivity index (χ1n) is 12.5. The van der Waals surface area contributed by atoms with Crippen molar-refractivity contribution in [1.82, 2.24) is 0 Å². The van der Waals surface area contributed by atoms with Crippen LogP contribution in [0.4, 0.5) is 0 Å². The topological polar surface area (TPSA) is 138 Å². The third-order valence-electron chi connectivity index (χ3n) is 7.48. The fraction of sp³-hybridized carbons (Fsp3) is 0.692. The van der Waals surface area contributed by atoms with E-state index in [-0.39, 0.29) is 31.0 Å². The van der Waals surface area contributed by atoms with Crippen molar-refractivity contribution in [1.29, 1.82) is 0 Å². The van der Waals surface area contributed by atoms with E-state index in [1.807, 2.05) is 58.0 Å². The lowest BCUT2D eigenvalue weighted by atomic mass is 9.78. The molecule has 0 N–H and O–H groups in total. The third-order valence-corrected chi connectivity index (χ3v) is 7.48. The van der Waals surface area contributed by atoms with E-state index in [2.05, 4.69) is 10.0 Å². The summed E-state index contributed by atoms with van der Waals surface area (Å²) in [5.41, 5.74) is 10.2. The lowest BCUT2D eigenvalue weighted by Crippen LogP contribution is -2.58. The first kappa shape index (κ1) is 28.9. The van der Waals surface area contributed by atoms with Gasteiger partial charge in [-0.05, 0) is 28.8 Å². The van der Waals surface area contributed by atoms with Crippen molar-refractivity contribution < 1.29 is 38.0 Å². The minimum Gasteiger partial charge on any atom is -0.467 e. The van der Waals surface area contributed by atoms with Gasteiger partial charge in [0.05, 0.1) is 25.9 Å². The highest BCUT2D eigenvalue weighted by Crippen LogP contribution is 2.39. The Morgan fingerprint density at radius 3 is 2.32 bits per heavy atom. The molecule has 2 fully saturated rings. The maximum Gasteiger partial charge on any atom is 0.335 e. The van der Waals surface area contributed by atoms with Gasteiger partial charge in [0.1, 0.15) is 12.7 Å². The zero-order chi connectivity index (χ0) is 27.1. The number of esters is 2. The van der Waals surface area contributed by atoms with Crippen LogP contribution >= 0.6 is 0 Å². The molecule has 1 aromatic rings. The average Bonchev–Trinajstić information content (AvgIpc) is 2.89. The molecule has 204 valence electrons. The quantitative estimate of drug-likeness (QED) is 0.206. The van der Waals surface area contributed by atoms with Crippen molar-refractivity contribution in [2.75, 3.05) is 13.7 Å². The Hall–Kier alpha value is -2.69. The number of carbonyl (C=O) groups excluding carboxylic acids is 2. The van der Waals surface area contributed by atoms with E-state index in [4.69, 9.17) is 28.4 Å². The molecule has 2 heterocycles. The number of benzene rings is 1. The summed E-state index contributed by atoms with van der Waals surface area (Å²) in [6.07, 6.45) is -3.86. The van der Waals surface area contributed by atoms with Crippen LogP contribution in [0.3, 0.4) is 0 Å². The maximum absolute atomic E-state index is 12.4. The SMILES string of the molecule is COC(=O)C1O[C@@H](O[C@@H]2C(COC(C)=O)OC(OCc3ccccc3)C(N=[N+]=[N-])[C@H]2C)C(C)[C@@H](C)[C@@H]1C. The van der Waals surface area contributed by atoms with Crippen LogP contribution in [-0.4, -0.2) is 62.6 Å². The summed E-state index contributed by atoms with van der Waals surface area (Å²) in [4.78, 5) is 27.0. The minimum atomic E-state index is -0.891. The van der Waals surface area contributed by atoms with Gasteiger partial charge < -0.3 is 28.4 Å². The zero-order valence-electron chi connectivity index (χ0n) is 22.2. The van der Waals surface area contributed by atoms with E-state index in [1.165, 1.54) is 14.0 Å². The van der Waals surface area contributed by atoms with E-state index in [9.17, 15) is 15.1 Å². The molecule has 2 aliphatic heterocycles. The highest BCUT2D eigenvalue weighted by Gasteiger charge is 2.49. The molecule has 0 bridgehead atoms. The summed E-state index contributed by atoms with van der Waals surface area (Å²) in [6, 6.07) is 8.81. The standard InChI is InChI=1S/C26H37N3O8/c1-14-15(2)23(24(31)32-6)37-25(16(14)3)36-22-17(4)21(28-29-27)26(35-20(22)13-33-18(5)30)34-12-19-10-8-7-9-11-19/h7-11,14-17,20-23,25-26H,12-13H2,1-6H3/t14-,15-,16?,17+,20?,21?,22-,23?,25+,26?/m0/s1. The number of azide groups is 1. The van der Waals surface area contributed by atoms with Gasteiger partial charge in [-0.2, -0.15) is 0 Å². The summed E-state index contributed by atoms with van der Waals surface area (Å²) >= 11 is 0. The van der Waals surface area contributed by atoms with Crippen molar-refractivity contribution in [3.05, 3.63) is 46.3 Å². The van der Waals surface area contributed by atoms with Gasteiger partial charge in [-0.3, -0.25) is 4.79 Å². The Morgan fingerprint density at radius 1 is 1.00 bits per heavy atom. The normalized spacial score (nSPS) is 35.7. The molecule has 2 saturated heterocycles. The first-order valence-corrected chi connectivity index (χ1v) is 12.5. The Bertz CT molecular complexity index is 956. The lowest BCUT2D eigenvalue weighted by molar-refractivity contribution is -0.318. The van der Waals surface area contributed by atoms with Gasteiger partial charge >= 0.3 is 11.9 Å². The largest absolute Gasteiger partial charge is 0.467 e. The molecule has 0 radical (unpaired) electrons. The van der Waals surface area contributed by atoms with Gasteiger partial charge in [0, 0.05) is 17.8 Å². The maximum atomic E-state index is 12.4. The number of ether oxygens (including phenoxy) is 6. The molecule has 5 unspecified atom stereocenters. The van der Waals surface area contributed by atoms with Gasteiger partial charge in [0.25, 0.3) is 0 Å². The van der Waals surface area contributed by atoms with Crippen LogP contribution in [0.2, 0.25) is 0 Å². The molecule has 0 saturated carbocycles. The van der Waals surface area contributed by atoms with E-state index < -0.39 is 54.8 Å². The predicted octanol–water partition coefficient (Wildman–Crippen LogP) is 4.00. The second-order valence-corrected chi connectivity index (χ2v) is 9.82. The van der Waals surface area contributed by atoms with E-state index in [1.54, 1.807) is 0 Å². The molecule has 0 spiro atoms. The summed E-state index contributed by atoms with van der Waals surface area (Å²) in [5, 5.41) is 3.96. The number of carbonyl (C=O) groups is 2. The molecule has 10 atom stereocenters. The molecule has 11 heteroatoms. The van der Waals surface area contributed by atoms with Crippen molar-refractivity contribution in [3.63, 3.8) is 0 Å². The molecule has 0 amide bonds. The summed E-state index contributed by atoms with van der Waals surface area (Å²) in [5.74, 6) is -1.39. The second-order valence-electron chi connectivity index (χ2n) is 9.82. The lowest BCUT2D eigenvalue weighted by Gasteiger charge is -2.48. The van der Waals surface area contributed by atoms with Crippen molar-refractivity contribution >= 4 is 11.9 Å². The van der Waals surface area contributed by atoms with Gasteiger partial charge in [-0.15, -0.1) is 0 Å². The fourth-order valence-corrected chi connectivity index (χ4v) is 4.86. The second kappa shape index (κ2) is 13.2. The van der Waals surface area contributed by atoms with E-state index >= 15 is 0 Å². The van der Waals surface area contributed by atoms with Crippen LogP contribution < -0.4 is 0 Å². The molecule has 0 aliphatic carbocycles. The number of rotatable bonds is 9. The summed E-state index contributed by atoms with van der Waals surface area (Å²) < 4.78 is 35.0. The number of hydrogen-bond donors (Lipinski definition) is 0. The van der Waals surface area contributed by atoms with Crippen LogP contribution in [0, 0.1) is 23.7 Å². The van der Waals surface area contributed by atoms with Crippen molar-refractivity contribution in [2.45, 2.75) is 78.2 Å². The first-order chi connectivity index (χ1) is 17.7. The molecule has 1 aromatic carbocycles. The van der Waals surface area contributed by atoms with E-state index in [0.717, 1.165) is 5.56 Å². The number of nitrogens with zero attached hydrogens (tertiary/aromatic N) is 3. The van der Waals surface area contributed by atoms with Gasteiger partial charge in [-0.1, -0.05) is 63.1 Å². The summed E-state index contributed by atoms with van der Waals surface area (Å²) in [7, 11) is 1.32. The predicted molar refractivity (Wildman–Crippen MR) is 132 cm³/mol. The van der Waals surface area contributed by atoms with Crippen LogP contribution in [0.1, 0.15) is 40.2 Å². The Morgan fingerprint density at radius 2 is 1.70 bits per heavy atom. The molecule has 11 nitrogen and oxygen atoms in total. The van der Waals surface area contributed by atoms with Crippen LogP contribution in [0.15, 0.2) is 35.4 Å². The number of hydrogen-bond acceptors (Lipinski definition) is 9. The smallest absolute Gasteiger partial charge is 0.335 e.